The Balaban J connectivity index is 2.11. The standard InChI is InChI=1S/C28H56/c1-3-5-7-9-11-13-15-18-22-27(26-28-24-20-17-21-25-28)23-19-16-14-12-10-8-6-4-2/h27-28H,3-26H2,1-2H3. The predicted octanol–water partition coefficient (Wildman–Crippen LogP) is 10.6. The summed E-state index contributed by atoms with van der Waals surface area (Å²) in [6.45, 7) is 4.64. The van der Waals surface area contributed by atoms with Crippen LogP contribution in [0.2, 0.25) is 0 Å². The highest BCUT2D eigenvalue weighted by atomic mass is 14.2. The molecule has 168 valence electrons. The summed E-state index contributed by atoms with van der Waals surface area (Å²) >= 11 is 0. The van der Waals surface area contributed by atoms with Crippen LogP contribution >= 0.6 is 0 Å². The maximum Gasteiger partial charge on any atom is -0.0412 e. The lowest BCUT2D eigenvalue weighted by Gasteiger charge is -2.27. The van der Waals surface area contributed by atoms with E-state index in [2.05, 4.69) is 13.8 Å². The molecule has 0 N–H and O–H groups in total. The second-order valence-corrected chi connectivity index (χ2v) is 10.1. The van der Waals surface area contributed by atoms with Gasteiger partial charge in [-0.3, -0.25) is 0 Å². The minimum atomic E-state index is 1.06. The molecule has 0 nitrogen and oxygen atoms in total. The van der Waals surface area contributed by atoms with Gasteiger partial charge in [0.15, 0.2) is 0 Å². The minimum Gasteiger partial charge on any atom is -0.0654 e. The lowest BCUT2D eigenvalue weighted by molar-refractivity contribution is 0.261. The third-order valence-corrected chi connectivity index (χ3v) is 7.32. The fourth-order valence-corrected chi connectivity index (χ4v) is 5.41. The van der Waals surface area contributed by atoms with Crippen molar-refractivity contribution in [2.45, 2.75) is 168 Å². The van der Waals surface area contributed by atoms with Crippen molar-refractivity contribution in [2.75, 3.05) is 0 Å². The van der Waals surface area contributed by atoms with Gasteiger partial charge in [0.05, 0.1) is 0 Å². The molecule has 0 heterocycles. The van der Waals surface area contributed by atoms with Crippen molar-refractivity contribution in [3.05, 3.63) is 0 Å². The van der Waals surface area contributed by atoms with Gasteiger partial charge < -0.3 is 0 Å². The highest BCUT2D eigenvalue weighted by Crippen LogP contribution is 2.33. The first-order chi connectivity index (χ1) is 13.9. The fraction of sp³-hybridized carbons (Fsp3) is 1.00. The van der Waals surface area contributed by atoms with E-state index in [9.17, 15) is 0 Å². The molecule has 1 saturated carbocycles. The second-order valence-electron chi connectivity index (χ2n) is 10.1. The number of hydrogen-bond acceptors (Lipinski definition) is 0. The average molecular weight is 393 g/mol. The van der Waals surface area contributed by atoms with Gasteiger partial charge in [-0.1, -0.05) is 162 Å². The number of hydrogen-bond donors (Lipinski definition) is 0. The van der Waals surface area contributed by atoms with E-state index in [1.54, 1.807) is 32.1 Å². The van der Waals surface area contributed by atoms with Gasteiger partial charge in [-0.25, -0.2) is 0 Å². The van der Waals surface area contributed by atoms with Gasteiger partial charge in [-0.05, 0) is 18.3 Å². The van der Waals surface area contributed by atoms with Crippen LogP contribution in [0.1, 0.15) is 168 Å². The number of unbranched alkanes of at least 4 members (excludes halogenated alkanes) is 14. The summed E-state index contributed by atoms with van der Waals surface area (Å²) < 4.78 is 0. The Labute approximate surface area is 180 Å². The highest BCUT2D eigenvalue weighted by Gasteiger charge is 2.18. The Kier molecular flexibility index (Phi) is 18.9. The molecule has 0 unspecified atom stereocenters. The third-order valence-electron chi connectivity index (χ3n) is 7.32. The van der Waals surface area contributed by atoms with Gasteiger partial charge in [-0.2, -0.15) is 0 Å². The normalized spacial score (nSPS) is 15.5. The molecule has 0 aromatic heterocycles. The molecule has 1 fully saturated rings. The zero-order valence-corrected chi connectivity index (χ0v) is 20.1. The Morgan fingerprint density at radius 2 is 0.893 bits per heavy atom. The molecule has 0 amide bonds. The highest BCUT2D eigenvalue weighted by molar-refractivity contribution is 4.71. The molecular formula is C28H56. The first-order valence-electron chi connectivity index (χ1n) is 13.9. The summed E-state index contributed by atoms with van der Waals surface area (Å²) in [7, 11) is 0. The summed E-state index contributed by atoms with van der Waals surface area (Å²) in [5.74, 6) is 2.14. The molecule has 1 rings (SSSR count). The lowest BCUT2D eigenvalue weighted by Crippen LogP contribution is -2.13. The largest absolute Gasteiger partial charge is 0.0654 e. The lowest BCUT2D eigenvalue weighted by atomic mass is 9.79. The first-order valence-corrected chi connectivity index (χ1v) is 13.9. The van der Waals surface area contributed by atoms with E-state index >= 15 is 0 Å². The van der Waals surface area contributed by atoms with Crippen molar-refractivity contribution in [1.82, 2.24) is 0 Å². The zero-order chi connectivity index (χ0) is 20.1. The second kappa shape index (κ2) is 20.3. The van der Waals surface area contributed by atoms with Crippen LogP contribution in [0.25, 0.3) is 0 Å². The SMILES string of the molecule is CCCCCCCCCCC(CCCCCCCCCC)CC1CCCCC1. The van der Waals surface area contributed by atoms with Crippen LogP contribution in [0.5, 0.6) is 0 Å². The summed E-state index contributed by atoms with van der Waals surface area (Å²) in [5.41, 5.74) is 0. The topological polar surface area (TPSA) is 0 Å². The van der Waals surface area contributed by atoms with Gasteiger partial charge in [0.1, 0.15) is 0 Å². The maximum absolute atomic E-state index is 2.32. The molecule has 0 spiro atoms. The molecular weight excluding hydrogens is 336 g/mol. The molecule has 1 aliphatic rings. The van der Waals surface area contributed by atoms with Crippen molar-refractivity contribution in [3.63, 3.8) is 0 Å². The molecule has 0 aromatic carbocycles. The van der Waals surface area contributed by atoms with Crippen LogP contribution in [0.3, 0.4) is 0 Å². The molecule has 0 heteroatoms. The molecule has 1 aliphatic carbocycles. The summed E-state index contributed by atoms with van der Waals surface area (Å²) in [4.78, 5) is 0. The summed E-state index contributed by atoms with van der Waals surface area (Å²) in [6, 6.07) is 0. The molecule has 0 aromatic rings. The van der Waals surface area contributed by atoms with E-state index in [0.717, 1.165) is 11.8 Å². The molecule has 28 heavy (non-hydrogen) atoms. The van der Waals surface area contributed by atoms with Crippen molar-refractivity contribution < 1.29 is 0 Å². The van der Waals surface area contributed by atoms with E-state index in [4.69, 9.17) is 0 Å². The van der Waals surface area contributed by atoms with E-state index < -0.39 is 0 Å². The van der Waals surface area contributed by atoms with Crippen molar-refractivity contribution in [3.8, 4) is 0 Å². The first kappa shape index (κ1) is 26.0. The minimum absolute atomic E-state index is 1.06. The fourth-order valence-electron chi connectivity index (χ4n) is 5.41. The van der Waals surface area contributed by atoms with E-state index in [-0.39, 0.29) is 0 Å². The molecule has 0 saturated heterocycles. The molecule has 0 bridgehead atoms. The summed E-state index contributed by atoms with van der Waals surface area (Å²) in [6.07, 6.45) is 35.9. The Morgan fingerprint density at radius 3 is 1.32 bits per heavy atom. The Hall–Kier alpha value is 0. The van der Waals surface area contributed by atoms with Gasteiger partial charge in [-0.15, -0.1) is 0 Å². The van der Waals surface area contributed by atoms with Crippen LogP contribution < -0.4 is 0 Å². The maximum atomic E-state index is 2.32. The Morgan fingerprint density at radius 1 is 0.500 bits per heavy atom. The van der Waals surface area contributed by atoms with Crippen LogP contribution in [0.15, 0.2) is 0 Å². The third kappa shape index (κ3) is 15.9. The van der Waals surface area contributed by atoms with E-state index in [1.807, 2.05) is 0 Å². The molecule has 0 aliphatic heterocycles. The predicted molar refractivity (Wildman–Crippen MR) is 129 cm³/mol. The van der Waals surface area contributed by atoms with Crippen LogP contribution in [0.4, 0.5) is 0 Å². The average Bonchev–Trinajstić information content (AvgIpc) is 2.72. The smallest absolute Gasteiger partial charge is 0.0412 e. The van der Waals surface area contributed by atoms with Crippen molar-refractivity contribution in [1.29, 1.82) is 0 Å². The van der Waals surface area contributed by atoms with Crippen LogP contribution in [0, 0.1) is 11.8 Å². The number of rotatable bonds is 20. The Bertz CT molecular complexity index is 268. The molecule has 0 radical (unpaired) electrons. The van der Waals surface area contributed by atoms with Crippen LogP contribution in [-0.4, -0.2) is 0 Å². The quantitative estimate of drug-likeness (QED) is 0.181. The van der Waals surface area contributed by atoms with E-state index in [1.165, 1.54) is 122 Å². The monoisotopic (exact) mass is 392 g/mol. The van der Waals surface area contributed by atoms with Gasteiger partial charge in [0.25, 0.3) is 0 Å². The zero-order valence-electron chi connectivity index (χ0n) is 20.1. The molecule has 0 atom stereocenters. The van der Waals surface area contributed by atoms with E-state index in [0.29, 0.717) is 0 Å². The van der Waals surface area contributed by atoms with Crippen LogP contribution in [-0.2, 0) is 0 Å². The van der Waals surface area contributed by atoms with Gasteiger partial charge >= 0.3 is 0 Å². The van der Waals surface area contributed by atoms with Crippen molar-refractivity contribution >= 4 is 0 Å². The van der Waals surface area contributed by atoms with Gasteiger partial charge in [0.2, 0.25) is 0 Å². The van der Waals surface area contributed by atoms with Gasteiger partial charge in [0, 0.05) is 0 Å². The van der Waals surface area contributed by atoms with Crippen molar-refractivity contribution in [2.24, 2.45) is 11.8 Å². The summed E-state index contributed by atoms with van der Waals surface area (Å²) in [5, 5.41) is 0.